The maximum absolute atomic E-state index is 6.53. The predicted molar refractivity (Wildman–Crippen MR) is 242 cm³/mol. The highest BCUT2D eigenvalue weighted by Crippen LogP contribution is 2.61. The first kappa shape index (κ1) is 32.4. The second-order valence-corrected chi connectivity index (χ2v) is 15.9. The van der Waals surface area contributed by atoms with E-state index in [1.165, 1.54) is 77.4 Å². The first-order chi connectivity index (χ1) is 29.3. The van der Waals surface area contributed by atoms with Crippen molar-refractivity contribution >= 4 is 43.5 Å². The molecule has 2 aliphatic rings. The fourth-order valence-electron chi connectivity index (χ4n) is 10.5. The molecular formula is C57H34O2. The third-order valence-electron chi connectivity index (χ3n) is 12.9. The fourth-order valence-corrected chi connectivity index (χ4v) is 10.5. The summed E-state index contributed by atoms with van der Waals surface area (Å²) in [5, 5.41) is 7.03. The predicted octanol–water partition coefficient (Wildman–Crippen LogP) is 15.4. The van der Waals surface area contributed by atoms with E-state index in [0.717, 1.165) is 44.4 Å². The molecular weight excluding hydrogens is 717 g/mol. The van der Waals surface area contributed by atoms with Crippen LogP contribution in [0.15, 0.2) is 211 Å². The zero-order valence-electron chi connectivity index (χ0n) is 31.9. The van der Waals surface area contributed by atoms with Gasteiger partial charge in [0.25, 0.3) is 0 Å². The monoisotopic (exact) mass is 750 g/mol. The summed E-state index contributed by atoms with van der Waals surface area (Å²) < 4.78 is 12.9. The summed E-state index contributed by atoms with van der Waals surface area (Å²) in [6.07, 6.45) is 0. The summed E-state index contributed by atoms with van der Waals surface area (Å²) in [5.74, 6) is 1.80. The van der Waals surface area contributed by atoms with Crippen LogP contribution in [0.2, 0.25) is 0 Å². The molecule has 0 atom stereocenters. The van der Waals surface area contributed by atoms with E-state index in [4.69, 9.17) is 9.15 Å². The van der Waals surface area contributed by atoms with E-state index in [1.54, 1.807) is 0 Å². The van der Waals surface area contributed by atoms with Gasteiger partial charge in [-0.05, 0) is 120 Å². The molecule has 0 N–H and O–H groups in total. The number of benzene rings is 10. The summed E-state index contributed by atoms with van der Waals surface area (Å²) in [4.78, 5) is 0. The molecule has 0 unspecified atom stereocenters. The largest absolute Gasteiger partial charge is 0.456 e. The van der Waals surface area contributed by atoms with Gasteiger partial charge in [-0.3, -0.25) is 0 Å². The quantitative estimate of drug-likeness (QED) is 0.179. The Morgan fingerprint density at radius 2 is 1.00 bits per heavy atom. The molecule has 2 heterocycles. The van der Waals surface area contributed by atoms with E-state index in [2.05, 4.69) is 194 Å². The van der Waals surface area contributed by atoms with Crippen molar-refractivity contribution in [2.24, 2.45) is 0 Å². The Kier molecular flexibility index (Phi) is 6.68. The third kappa shape index (κ3) is 4.46. The number of hydrogen-bond donors (Lipinski definition) is 0. The van der Waals surface area contributed by atoms with Gasteiger partial charge in [0.1, 0.15) is 22.7 Å². The van der Waals surface area contributed by atoms with E-state index in [-0.39, 0.29) is 0 Å². The molecule has 1 aliphatic carbocycles. The highest BCUT2D eigenvalue weighted by molar-refractivity contribution is 6.13. The maximum Gasteiger partial charge on any atom is 0.135 e. The summed E-state index contributed by atoms with van der Waals surface area (Å²) in [5.41, 5.74) is 15.9. The van der Waals surface area contributed by atoms with E-state index in [0.29, 0.717) is 0 Å². The Bertz CT molecular complexity index is 3480. The van der Waals surface area contributed by atoms with Crippen molar-refractivity contribution in [1.29, 1.82) is 0 Å². The topological polar surface area (TPSA) is 22.4 Å². The van der Waals surface area contributed by atoms with E-state index >= 15 is 0 Å². The van der Waals surface area contributed by atoms with Crippen LogP contribution in [0.25, 0.3) is 88.0 Å². The van der Waals surface area contributed by atoms with Crippen LogP contribution in [-0.4, -0.2) is 0 Å². The van der Waals surface area contributed by atoms with Crippen molar-refractivity contribution in [2.75, 3.05) is 0 Å². The minimum Gasteiger partial charge on any atom is -0.456 e. The maximum atomic E-state index is 6.53. The van der Waals surface area contributed by atoms with Crippen LogP contribution in [0, 0.1) is 0 Å². The van der Waals surface area contributed by atoms with Gasteiger partial charge in [0.2, 0.25) is 0 Å². The zero-order chi connectivity index (χ0) is 38.7. The molecule has 0 bridgehead atoms. The Morgan fingerprint density at radius 1 is 0.356 bits per heavy atom. The lowest BCUT2D eigenvalue weighted by Gasteiger charge is -2.35. The highest BCUT2D eigenvalue weighted by atomic mass is 16.5. The van der Waals surface area contributed by atoms with Gasteiger partial charge in [-0.25, -0.2) is 0 Å². The first-order valence-electron chi connectivity index (χ1n) is 20.3. The van der Waals surface area contributed by atoms with Crippen LogP contribution in [0.4, 0.5) is 0 Å². The van der Waals surface area contributed by atoms with Crippen molar-refractivity contribution in [3.63, 3.8) is 0 Å². The minimum atomic E-state index is -0.592. The van der Waals surface area contributed by atoms with Crippen molar-refractivity contribution in [3.8, 4) is 56.0 Å². The molecule has 0 saturated carbocycles. The SMILES string of the molecule is c1ccc(C2(c3ccccc3)c3ccccc3-c3c(-c4ccc5oc6ccccc6c5c4)cc4ccc(-c5ccc6c7c(cccc57)-c5ccccc5O6)cc4c32)cc1. The van der Waals surface area contributed by atoms with Crippen LogP contribution >= 0.6 is 0 Å². The highest BCUT2D eigenvalue weighted by Gasteiger charge is 2.48. The molecule has 0 amide bonds. The van der Waals surface area contributed by atoms with Crippen molar-refractivity contribution in [3.05, 3.63) is 229 Å². The minimum absolute atomic E-state index is 0.592. The lowest BCUT2D eigenvalue weighted by molar-refractivity contribution is 0.487. The van der Waals surface area contributed by atoms with E-state index in [1.807, 2.05) is 12.1 Å². The molecule has 2 heteroatoms. The molecule has 1 aliphatic heterocycles. The molecule has 10 aromatic carbocycles. The Morgan fingerprint density at radius 3 is 1.85 bits per heavy atom. The van der Waals surface area contributed by atoms with Gasteiger partial charge >= 0.3 is 0 Å². The second-order valence-electron chi connectivity index (χ2n) is 15.9. The Hall–Kier alpha value is -7.68. The molecule has 0 fully saturated rings. The number of para-hydroxylation sites is 2. The zero-order valence-corrected chi connectivity index (χ0v) is 31.9. The Labute approximate surface area is 341 Å². The second kappa shape index (κ2) is 12.2. The van der Waals surface area contributed by atoms with Gasteiger partial charge in [0, 0.05) is 21.7 Å². The molecule has 0 saturated heterocycles. The molecule has 59 heavy (non-hydrogen) atoms. The average molecular weight is 751 g/mol. The van der Waals surface area contributed by atoms with Crippen LogP contribution < -0.4 is 4.74 Å². The van der Waals surface area contributed by atoms with Crippen LogP contribution in [0.5, 0.6) is 11.5 Å². The van der Waals surface area contributed by atoms with Gasteiger partial charge < -0.3 is 9.15 Å². The number of hydrogen-bond acceptors (Lipinski definition) is 2. The van der Waals surface area contributed by atoms with E-state index in [9.17, 15) is 0 Å². The van der Waals surface area contributed by atoms with Gasteiger partial charge in [0.05, 0.1) is 5.41 Å². The van der Waals surface area contributed by atoms with Gasteiger partial charge in [0.15, 0.2) is 0 Å². The van der Waals surface area contributed by atoms with Gasteiger partial charge in [-0.2, -0.15) is 0 Å². The fraction of sp³-hybridized carbons (Fsp3) is 0.0175. The van der Waals surface area contributed by atoms with E-state index < -0.39 is 5.41 Å². The molecule has 1 aromatic heterocycles. The smallest absolute Gasteiger partial charge is 0.135 e. The van der Waals surface area contributed by atoms with Crippen LogP contribution in [0.1, 0.15) is 22.3 Å². The standard InChI is InChI=1S/C57H34O2/c1-3-14-38(15-4-1)57(39-16-5-2-6-17-39)49-23-10-7-20-45(49)55-46(36-28-30-52-48(34-36)42-19-9-12-25-51(42)58-52)32-37-27-26-35(33-47(37)56(55)57)40-29-31-53-54-43(40)21-13-22-44(54)41-18-8-11-24-50(41)59-53/h1-34H. The molecule has 274 valence electrons. The van der Waals surface area contributed by atoms with Crippen LogP contribution in [0.3, 0.4) is 0 Å². The number of furan rings is 1. The average Bonchev–Trinajstić information content (AvgIpc) is 3.84. The van der Waals surface area contributed by atoms with Crippen LogP contribution in [-0.2, 0) is 5.41 Å². The van der Waals surface area contributed by atoms with Crippen molar-refractivity contribution in [1.82, 2.24) is 0 Å². The lowest BCUT2D eigenvalue weighted by Crippen LogP contribution is -2.28. The normalized spacial score (nSPS) is 13.4. The summed E-state index contributed by atoms with van der Waals surface area (Å²) >= 11 is 0. The number of rotatable bonds is 4. The lowest BCUT2D eigenvalue weighted by atomic mass is 9.66. The molecule has 0 radical (unpaired) electrons. The summed E-state index contributed by atoms with van der Waals surface area (Å²) in [6, 6.07) is 75.3. The summed E-state index contributed by atoms with van der Waals surface area (Å²) in [6.45, 7) is 0. The number of ether oxygens (including phenoxy) is 1. The molecule has 0 spiro atoms. The third-order valence-corrected chi connectivity index (χ3v) is 12.9. The Balaban J connectivity index is 1.16. The molecule has 11 aromatic rings. The first-order valence-corrected chi connectivity index (χ1v) is 20.3. The van der Waals surface area contributed by atoms with Crippen molar-refractivity contribution in [2.45, 2.75) is 5.41 Å². The molecule has 13 rings (SSSR count). The van der Waals surface area contributed by atoms with Gasteiger partial charge in [-0.1, -0.05) is 164 Å². The molecule has 2 nitrogen and oxygen atoms in total. The summed E-state index contributed by atoms with van der Waals surface area (Å²) in [7, 11) is 0. The van der Waals surface area contributed by atoms with Crippen molar-refractivity contribution < 1.29 is 9.15 Å². The van der Waals surface area contributed by atoms with Gasteiger partial charge in [-0.15, -0.1) is 0 Å². The number of fused-ring (bicyclic) bond motifs is 10.